The number of thiazole rings is 1. The standard InChI is InChI=1S/C15H20N2OS/c1-15(2,3)10-6-7-13(18-5)11(8-10)12-9-19-14(16-4)17-12/h6-9H,1-5H3,(H,16,17). The van der Waals surface area contributed by atoms with Crippen molar-refractivity contribution in [3.63, 3.8) is 0 Å². The molecule has 0 bridgehead atoms. The van der Waals surface area contributed by atoms with E-state index in [1.807, 2.05) is 13.1 Å². The summed E-state index contributed by atoms with van der Waals surface area (Å²) in [5, 5.41) is 6.03. The molecule has 0 aliphatic heterocycles. The summed E-state index contributed by atoms with van der Waals surface area (Å²) in [5.41, 5.74) is 3.40. The first kappa shape index (κ1) is 13.9. The lowest BCUT2D eigenvalue weighted by molar-refractivity contribution is 0.415. The van der Waals surface area contributed by atoms with Crippen molar-refractivity contribution < 1.29 is 4.74 Å². The van der Waals surface area contributed by atoms with E-state index < -0.39 is 0 Å². The molecule has 1 N–H and O–H groups in total. The van der Waals surface area contributed by atoms with Gasteiger partial charge in [0.25, 0.3) is 0 Å². The molecule has 0 spiro atoms. The lowest BCUT2D eigenvalue weighted by Crippen LogP contribution is -2.11. The molecular weight excluding hydrogens is 256 g/mol. The van der Waals surface area contributed by atoms with Gasteiger partial charge in [0.2, 0.25) is 0 Å². The van der Waals surface area contributed by atoms with Crippen LogP contribution in [0.3, 0.4) is 0 Å². The third-order valence-electron chi connectivity index (χ3n) is 3.06. The van der Waals surface area contributed by atoms with E-state index >= 15 is 0 Å². The van der Waals surface area contributed by atoms with E-state index in [0.29, 0.717) is 0 Å². The zero-order valence-electron chi connectivity index (χ0n) is 12.1. The van der Waals surface area contributed by atoms with Crippen molar-refractivity contribution in [3.05, 3.63) is 29.1 Å². The predicted molar refractivity (Wildman–Crippen MR) is 82.3 cm³/mol. The lowest BCUT2D eigenvalue weighted by atomic mass is 9.86. The SMILES string of the molecule is CNc1nc(-c2cc(C(C)(C)C)ccc2OC)cs1. The lowest BCUT2D eigenvalue weighted by Gasteiger charge is -2.20. The Morgan fingerprint density at radius 1 is 1.26 bits per heavy atom. The van der Waals surface area contributed by atoms with Crippen LogP contribution in [0.1, 0.15) is 26.3 Å². The van der Waals surface area contributed by atoms with E-state index in [4.69, 9.17) is 4.74 Å². The number of methoxy groups -OCH3 is 1. The summed E-state index contributed by atoms with van der Waals surface area (Å²) in [7, 11) is 3.58. The minimum absolute atomic E-state index is 0.114. The van der Waals surface area contributed by atoms with E-state index in [1.165, 1.54) is 5.56 Å². The first-order valence-corrected chi connectivity index (χ1v) is 7.16. The highest BCUT2D eigenvalue weighted by Gasteiger charge is 2.17. The van der Waals surface area contributed by atoms with Crippen molar-refractivity contribution in [1.29, 1.82) is 0 Å². The highest BCUT2D eigenvalue weighted by molar-refractivity contribution is 7.14. The van der Waals surface area contributed by atoms with Crippen LogP contribution in [0.4, 0.5) is 5.13 Å². The second-order valence-electron chi connectivity index (χ2n) is 5.45. The number of aromatic nitrogens is 1. The fraction of sp³-hybridized carbons (Fsp3) is 0.400. The number of nitrogens with zero attached hydrogens (tertiary/aromatic N) is 1. The summed E-state index contributed by atoms with van der Waals surface area (Å²) >= 11 is 1.60. The summed E-state index contributed by atoms with van der Waals surface area (Å²) in [6.07, 6.45) is 0. The quantitative estimate of drug-likeness (QED) is 0.914. The number of hydrogen-bond acceptors (Lipinski definition) is 4. The molecule has 2 aromatic rings. The van der Waals surface area contributed by atoms with Gasteiger partial charge in [-0.25, -0.2) is 4.98 Å². The van der Waals surface area contributed by atoms with Gasteiger partial charge in [0, 0.05) is 18.0 Å². The molecule has 0 aliphatic rings. The number of benzene rings is 1. The molecular formula is C15H20N2OS. The zero-order chi connectivity index (χ0) is 14.0. The van der Waals surface area contributed by atoms with Crippen molar-refractivity contribution in [3.8, 4) is 17.0 Å². The Morgan fingerprint density at radius 3 is 2.53 bits per heavy atom. The monoisotopic (exact) mass is 276 g/mol. The van der Waals surface area contributed by atoms with Gasteiger partial charge in [-0.3, -0.25) is 0 Å². The van der Waals surface area contributed by atoms with Crippen LogP contribution in [0.2, 0.25) is 0 Å². The molecule has 0 radical (unpaired) electrons. The summed E-state index contributed by atoms with van der Waals surface area (Å²) < 4.78 is 5.45. The average molecular weight is 276 g/mol. The van der Waals surface area contributed by atoms with Crippen LogP contribution >= 0.6 is 11.3 Å². The highest BCUT2D eigenvalue weighted by atomic mass is 32.1. The molecule has 1 aromatic heterocycles. The molecule has 19 heavy (non-hydrogen) atoms. The van der Waals surface area contributed by atoms with Crippen molar-refractivity contribution >= 4 is 16.5 Å². The Hall–Kier alpha value is -1.55. The maximum absolute atomic E-state index is 5.45. The van der Waals surface area contributed by atoms with Gasteiger partial charge in [-0.15, -0.1) is 11.3 Å². The summed E-state index contributed by atoms with van der Waals surface area (Å²) in [6, 6.07) is 6.31. The molecule has 2 rings (SSSR count). The highest BCUT2D eigenvalue weighted by Crippen LogP contribution is 2.35. The number of nitrogens with one attached hydrogen (secondary N) is 1. The third-order valence-corrected chi connectivity index (χ3v) is 3.92. The van der Waals surface area contributed by atoms with Crippen LogP contribution in [-0.2, 0) is 5.41 Å². The number of hydrogen-bond donors (Lipinski definition) is 1. The minimum atomic E-state index is 0.114. The van der Waals surface area contributed by atoms with Crippen LogP contribution in [0.25, 0.3) is 11.3 Å². The molecule has 0 aliphatic carbocycles. The third kappa shape index (κ3) is 2.89. The molecule has 4 heteroatoms. The van der Waals surface area contributed by atoms with Gasteiger partial charge in [-0.05, 0) is 23.1 Å². The van der Waals surface area contributed by atoms with Crippen LogP contribution in [0, 0.1) is 0 Å². The van der Waals surface area contributed by atoms with E-state index in [-0.39, 0.29) is 5.41 Å². The Bertz CT molecular complexity index is 570. The van der Waals surface area contributed by atoms with Crippen molar-refractivity contribution in [2.45, 2.75) is 26.2 Å². The first-order chi connectivity index (χ1) is 8.95. The topological polar surface area (TPSA) is 34.2 Å². The molecule has 0 amide bonds. The van der Waals surface area contributed by atoms with Gasteiger partial charge in [-0.2, -0.15) is 0 Å². The van der Waals surface area contributed by atoms with Crippen molar-refractivity contribution in [2.75, 3.05) is 19.5 Å². The fourth-order valence-electron chi connectivity index (χ4n) is 1.89. The Balaban J connectivity index is 2.53. The summed E-state index contributed by atoms with van der Waals surface area (Å²) in [5.74, 6) is 0.862. The summed E-state index contributed by atoms with van der Waals surface area (Å²) in [4.78, 5) is 4.56. The molecule has 0 unspecified atom stereocenters. The van der Waals surface area contributed by atoms with Crippen LogP contribution in [-0.4, -0.2) is 19.1 Å². The molecule has 1 aromatic carbocycles. The van der Waals surface area contributed by atoms with E-state index in [1.54, 1.807) is 18.4 Å². The maximum Gasteiger partial charge on any atom is 0.182 e. The van der Waals surface area contributed by atoms with Gasteiger partial charge in [-0.1, -0.05) is 26.8 Å². The molecule has 0 saturated carbocycles. The Morgan fingerprint density at radius 2 is 2.00 bits per heavy atom. The van der Waals surface area contributed by atoms with Gasteiger partial charge in [0.15, 0.2) is 5.13 Å². The van der Waals surface area contributed by atoms with Gasteiger partial charge in [0.1, 0.15) is 5.75 Å². The van der Waals surface area contributed by atoms with Crippen molar-refractivity contribution in [1.82, 2.24) is 4.98 Å². The van der Waals surface area contributed by atoms with Crippen molar-refractivity contribution in [2.24, 2.45) is 0 Å². The Kier molecular flexibility index (Phi) is 3.80. The van der Waals surface area contributed by atoms with Crippen LogP contribution < -0.4 is 10.1 Å². The fourth-order valence-corrected chi connectivity index (χ4v) is 2.56. The number of rotatable bonds is 3. The van der Waals surface area contributed by atoms with Gasteiger partial charge < -0.3 is 10.1 Å². The zero-order valence-corrected chi connectivity index (χ0v) is 12.9. The second-order valence-corrected chi connectivity index (χ2v) is 6.31. The smallest absolute Gasteiger partial charge is 0.182 e. The Labute approximate surface area is 118 Å². The van der Waals surface area contributed by atoms with E-state index in [2.05, 4.69) is 48.6 Å². The molecule has 1 heterocycles. The van der Waals surface area contributed by atoms with E-state index in [9.17, 15) is 0 Å². The first-order valence-electron chi connectivity index (χ1n) is 6.28. The van der Waals surface area contributed by atoms with Gasteiger partial charge >= 0.3 is 0 Å². The molecule has 0 atom stereocenters. The molecule has 0 saturated heterocycles. The second kappa shape index (κ2) is 5.21. The molecule has 102 valence electrons. The number of anilines is 1. The van der Waals surface area contributed by atoms with E-state index in [0.717, 1.165) is 22.1 Å². The minimum Gasteiger partial charge on any atom is -0.496 e. The predicted octanol–water partition coefficient (Wildman–Crippen LogP) is 4.16. The normalized spacial score (nSPS) is 11.4. The van der Waals surface area contributed by atoms with Crippen LogP contribution in [0.5, 0.6) is 5.75 Å². The molecule has 0 fully saturated rings. The number of ether oxygens (including phenoxy) is 1. The summed E-state index contributed by atoms with van der Waals surface area (Å²) in [6.45, 7) is 6.62. The largest absolute Gasteiger partial charge is 0.496 e. The molecule has 3 nitrogen and oxygen atoms in total. The average Bonchev–Trinajstić information content (AvgIpc) is 2.85. The van der Waals surface area contributed by atoms with Gasteiger partial charge in [0.05, 0.1) is 12.8 Å². The maximum atomic E-state index is 5.45. The van der Waals surface area contributed by atoms with Crippen LogP contribution in [0.15, 0.2) is 23.6 Å².